The van der Waals surface area contributed by atoms with Crippen LogP contribution in [0.4, 0.5) is 5.69 Å². The fraction of sp³-hybridized carbons (Fsp3) is 0.250. The summed E-state index contributed by atoms with van der Waals surface area (Å²) in [6.45, 7) is 5.97. The summed E-state index contributed by atoms with van der Waals surface area (Å²) >= 11 is 0. The summed E-state index contributed by atoms with van der Waals surface area (Å²) in [7, 11) is 0. The summed E-state index contributed by atoms with van der Waals surface area (Å²) in [5.41, 5.74) is 5.22. The first kappa shape index (κ1) is 34.1. The SMILES string of the molecule is C=CCN1CC(=O)N2[C@@H](Cc3ccc(O)cc3)C(=O)N(Cc3cccc(-c4cccc(NC(C)=O)c4)c3)C[C@@H]2N1C(=O)CCc1ccccc1. The third-order valence-corrected chi connectivity index (χ3v) is 9.08. The molecule has 2 heterocycles. The summed E-state index contributed by atoms with van der Waals surface area (Å²) in [4.78, 5) is 57.4. The van der Waals surface area contributed by atoms with Gasteiger partial charge in [0.1, 0.15) is 18.0 Å². The highest BCUT2D eigenvalue weighted by atomic mass is 16.3. The third-order valence-electron chi connectivity index (χ3n) is 9.08. The average Bonchev–Trinajstić information content (AvgIpc) is 3.10. The van der Waals surface area contributed by atoms with Gasteiger partial charge in [0.15, 0.2) is 0 Å². The minimum Gasteiger partial charge on any atom is -0.508 e. The van der Waals surface area contributed by atoms with E-state index < -0.39 is 12.2 Å². The van der Waals surface area contributed by atoms with Crippen LogP contribution in [0, 0.1) is 0 Å². The maximum absolute atomic E-state index is 14.4. The minimum atomic E-state index is -0.862. The Morgan fingerprint density at radius 2 is 1.58 bits per heavy atom. The molecule has 0 aliphatic carbocycles. The Kier molecular flexibility index (Phi) is 10.4. The number of aryl methyl sites for hydroxylation is 1. The van der Waals surface area contributed by atoms with Crippen LogP contribution in [0.15, 0.2) is 116 Å². The zero-order chi connectivity index (χ0) is 35.2. The molecular formula is C40H41N5O5. The van der Waals surface area contributed by atoms with Gasteiger partial charge in [0.25, 0.3) is 0 Å². The molecule has 4 amide bonds. The van der Waals surface area contributed by atoms with Gasteiger partial charge in [0.2, 0.25) is 23.6 Å². The van der Waals surface area contributed by atoms with Crippen molar-refractivity contribution in [3.8, 4) is 16.9 Å². The number of phenolic OH excluding ortho intramolecular Hbond substituents is 1. The van der Waals surface area contributed by atoms with E-state index in [1.54, 1.807) is 50.2 Å². The van der Waals surface area contributed by atoms with Crippen molar-refractivity contribution in [3.05, 3.63) is 132 Å². The smallest absolute Gasteiger partial charge is 0.246 e. The molecule has 2 aliphatic heterocycles. The molecule has 10 nitrogen and oxygen atoms in total. The van der Waals surface area contributed by atoms with Gasteiger partial charge in [0.05, 0.1) is 13.1 Å². The predicted octanol–water partition coefficient (Wildman–Crippen LogP) is 5.00. The number of benzene rings is 4. The summed E-state index contributed by atoms with van der Waals surface area (Å²) in [6, 6.07) is 31.0. The van der Waals surface area contributed by atoms with Crippen molar-refractivity contribution in [1.82, 2.24) is 19.8 Å². The number of hydrogen-bond donors (Lipinski definition) is 2. The number of carbonyl (C=O) groups excluding carboxylic acids is 4. The van der Waals surface area contributed by atoms with Crippen LogP contribution in [0.3, 0.4) is 0 Å². The molecule has 0 unspecified atom stereocenters. The number of phenols is 1. The molecule has 256 valence electrons. The Labute approximate surface area is 292 Å². The van der Waals surface area contributed by atoms with Crippen LogP contribution in [0.2, 0.25) is 0 Å². The maximum atomic E-state index is 14.4. The van der Waals surface area contributed by atoms with E-state index in [0.29, 0.717) is 18.7 Å². The first-order valence-electron chi connectivity index (χ1n) is 16.8. The number of piperazine rings is 1. The first-order chi connectivity index (χ1) is 24.2. The van der Waals surface area contributed by atoms with Crippen LogP contribution in [-0.2, 0) is 38.6 Å². The van der Waals surface area contributed by atoms with Crippen LogP contribution in [0.5, 0.6) is 5.75 Å². The monoisotopic (exact) mass is 671 g/mol. The number of carbonyl (C=O) groups is 4. The molecule has 2 atom stereocenters. The Morgan fingerprint density at radius 3 is 2.30 bits per heavy atom. The van der Waals surface area contributed by atoms with E-state index in [4.69, 9.17) is 0 Å². The van der Waals surface area contributed by atoms with Crippen molar-refractivity contribution in [2.24, 2.45) is 0 Å². The van der Waals surface area contributed by atoms with E-state index in [2.05, 4.69) is 11.9 Å². The van der Waals surface area contributed by atoms with Crippen molar-refractivity contribution < 1.29 is 24.3 Å². The van der Waals surface area contributed by atoms with Crippen molar-refractivity contribution in [2.45, 2.75) is 44.9 Å². The molecule has 10 heteroatoms. The van der Waals surface area contributed by atoms with Crippen LogP contribution in [0.1, 0.15) is 30.0 Å². The van der Waals surface area contributed by atoms with E-state index >= 15 is 0 Å². The van der Waals surface area contributed by atoms with Gasteiger partial charge in [-0.25, -0.2) is 10.0 Å². The maximum Gasteiger partial charge on any atom is 0.246 e. The fourth-order valence-electron chi connectivity index (χ4n) is 6.82. The van der Waals surface area contributed by atoms with Gasteiger partial charge in [-0.15, -0.1) is 6.58 Å². The van der Waals surface area contributed by atoms with Crippen molar-refractivity contribution >= 4 is 29.3 Å². The molecule has 2 saturated heterocycles. The first-order valence-corrected chi connectivity index (χ1v) is 16.8. The number of amides is 4. The molecular weight excluding hydrogens is 630 g/mol. The van der Waals surface area contributed by atoms with E-state index in [-0.39, 0.29) is 61.9 Å². The molecule has 2 N–H and O–H groups in total. The van der Waals surface area contributed by atoms with Gasteiger partial charge in [-0.1, -0.05) is 78.9 Å². The second kappa shape index (κ2) is 15.2. The molecule has 6 rings (SSSR count). The van der Waals surface area contributed by atoms with Crippen molar-refractivity contribution in [2.75, 3.05) is 25.0 Å². The second-order valence-electron chi connectivity index (χ2n) is 12.7. The molecule has 0 spiro atoms. The molecule has 0 bridgehead atoms. The standard InChI is InChI=1S/C40H41N5O5/c1-3-21-43-27-39(49)44-36(23-30-15-18-35(47)19-16-30)40(50)42(26-37(44)45(43)38(48)20-17-29-9-5-4-6-10-29)25-31-11-7-12-32(22-31)33-13-8-14-34(24-33)41-28(2)46/h3-16,18-19,22,24,36-37,47H,1,17,20-21,23,25-27H2,2H3,(H,41,46)/t36-,37-/m0/s1. The number of fused-ring (bicyclic) bond motifs is 1. The minimum absolute atomic E-state index is 0.0570. The highest BCUT2D eigenvalue weighted by Crippen LogP contribution is 2.31. The third kappa shape index (κ3) is 7.76. The van der Waals surface area contributed by atoms with Gasteiger partial charge in [-0.05, 0) is 64.6 Å². The molecule has 2 aliphatic rings. The van der Waals surface area contributed by atoms with Crippen LogP contribution in [0.25, 0.3) is 11.1 Å². The lowest BCUT2D eigenvalue weighted by atomic mass is 9.97. The molecule has 0 radical (unpaired) electrons. The summed E-state index contributed by atoms with van der Waals surface area (Å²) in [5, 5.41) is 16.1. The van der Waals surface area contributed by atoms with Gasteiger partial charge in [-0.2, -0.15) is 0 Å². The van der Waals surface area contributed by atoms with E-state index in [1.807, 2.05) is 78.9 Å². The second-order valence-corrected chi connectivity index (χ2v) is 12.7. The molecule has 0 saturated carbocycles. The largest absolute Gasteiger partial charge is 0.508 e. The fourth-order valence-corrected chi connectivity index (χ4v) is 6.82. The predicted molar refractivity (Wildman–Crippen MR) is 191 cm³/mol. The van der Waals surface area contributed by atoms with Crippen LogP contribution >= 0.6 is 0 Å². The zero-order valence-corrected chi connectivity index (χ0v) is 28.1. The molecule has 4 aromatic carbocycles. The Morgan fingerprint density at radius 1 is 0.880 bits per heavy atom. The number of anilines is 1. The van der Waals surface area contributed by atoms with Gasteiger partial charge >= 0.3 is 0 Å². The Balaban J connectivity index is 1.33. The van der Waals surface area contributed by atoms with Crippen molar-refractivity contribution in [1.29, 1.82) is 0 Å². The van der Waals surface area contributed by atoms with E-state index in [9.17, 15) is 24.3 Å². The zero-order valence-electron chi connectivity index (χ0n) is 28.1. The van der Waals surface area contributed by atoms with E-state index in [1.165, 1.54) is 6.92 Å². The summed E-state index contributed by atoms with van der Waals surface area (Å²) < 4.78 is 0. The summed E-state index contributed by atoms with van der Waals surface area (Å²) in [6.07, 6.45) is 1.94. The molecule has 50 heavy (non-hydrogen) atoms. The van der Waals surface area contributed by atoms with Gasteiger partial charge < -0.3 is 20.2 Å². The van der Waals surface area contributed by atoms with Gasteiger partial charge in [0, 0.05) is 38.5 Å². The average molecular weight is 672 g/mol. The van der Waals surface area contributed by atoms with E-state index in [0.717, 1.165) is 27.8 Å². The lowest BCUT2D eigenvalue weighted by Crippen LogP contribution is -2.75. The number of rotatable bonds is 11. The number of hydrazine groups is 1. The molecule has 2 fully saturated rings. The van der Waals surface area contributed by atoms with Crippen LogP contribution in [-0.4, -0.2) is 80.4 Å². The summed E-state index contributed by atoms with van der Waals surface area (Å²) in [5.74, 6) is -0.640. The lowest BCUT2D eigenvalue weighted by molar-refractivity contribution is -0.205. The Hall–Kier alpha value is -5.74. The number of hydrogen-bond acceptors (Lipinski definition) is 6. The highest BCUT2D eigenvalue weighted by Gasteiger charge is 2.51. The van der Waals surface area contributed by atoms with Gasteiger partial charge in [-0.3, -0.25) is 19.2 Å². The van der Waals surface area contributed by atoms with Crippen molar-refractivity contribution in [3.63, 3.8) is 0 Å². The van der Waals surface area contributed by atoms with Crippen LogP contribution < -0.4 is 5.32 Å². The lowest BCUT2D eigenvalue weighted by Gasteiger charge is -2.55. The molecule has 4 aromatic rings. The molecule has 0 aromatic heterocycles. The number of nitrogens with one attached hydrogen (secondary N) is 1. The quantitative estimate of drug-likeness (QED) is 0.217. The number of nitrogens with zero attached hydrogens (tertiary/aromatic N) is 4. The normalized spacial score (nSPS) is 17.7. The highest BCUT2D eigenvalue weighted by molar-refractivity contribution is 5.92. The number of aromatic hydroxyl groups is 1. The Bertz CT molecular complexity index is 1880. The topological polar surface area (TPSA) is 114 Å².